The molecule has 0 aliphatic heterocycles. The fourth-order valence-electron chi connectivity index (χ4n) is 2.00. The van der Waals surface area contributed by atoms with Crippen molar-refractivity contribution in [2.75, 3.05) is 5.32 Å². The van der Waals surface area contributed by atoms with Crippen molar-refractivity contribution >= 4 is 48.9 Å². The Bertz CT molecular complexity index is 846. The summed E-state index contributed by atoms with van der Waals surface area (Å²) in [6.45, 7) is 0. The van der Waals surface area contributed by atoms with Gasteiger partial charge >= 0.3 is 0 Å². The lowest BCUT2D eigenvalue weighted by atomic mass is 10.2. The first-order valence-electron chi connectivity index (χ1n) is 6.17. The molecule has 3 rings (SSSR count). The van der Waals surface area contributed by atoms with Crippen LogP contribution in [0.4, 0.5) is 5.69 Å². The average molecular weight is 357 g/mol. The van der Waals surface area contributed by atoms with Gasteiger partial charge in [-0.15, -0.1) is 11.3 Å². The molecule has 0 bridgehead atoms. The predicted octanol–water partition coefficient (Wildman–Crippen LogP) is 4.79. The van der Waals surface area contributed by atoms with Crippen LogP contribution in [0.5, 0.6) is 0 Å². The third-order valence-corrected chi connectivity index (χ3v) is 4.61. The van der Waals surface area contributed by atoms with Crippen LogP contribution in [-0.4, -0.2) is 5.91 Å². The fourth-order valence-corrected chi connectivity index (χ4v) is 3.31. The molecule has 21 heavy (non-hydrogen) atoms. The number of anilines is 1. The van der Waals surface area contributed by atoms with Gasteiger partial charge in [0.2, 0.25) is 0 Å². The summed E-state index contributed by atoms with van der Waals surface area (Å²) in [5.74, 6) is -0.199. The number of carbonyl (C=O) groups is 1. The molecule has 0 atom stereocenters. The summed E-state index contributed by atoms with van der Waals surface area (Å²) in [7, 11) is 0. The van der Waals surface area contributed by atoms with Crippen molar-refractivity contribution in [2.45, 2.75) is 0 Å². The van der Waals surface area contributed by atoms with Gasteiger partial charge in [-0.2, -0.15) is 5.26 Å². The van der Waals surface area contributed by atoms with E-state index in [0.717, 1.165) is 14.6 Å². The molecular formula is C16H9BrN2OS. The zero-order chi connectivity index (χ0) is 14.8. The second kappa shape index (κ2) is 5.68. The molecule has 0 aliphatic carbocycles. The first-order valence-corrected chi connectivity index (χ1v) is 7.78. The Kier molecular flexibility index (Phi) is 3.74. The number of hydrogen-bond acceptors (Lipinski definition) is 3. The van der Waals surface area contributed by atoms with Crippen molar-refractivity contribution in [1.82, 2.24) is 0 Å². The van der Waals surface area contributed by atoms with E-state index in [1.807, 2.05) is 30.3 Å². The third kappa shape index (κ3) is 2.82. The number of halogens is 1. The number of nitrogens with zero attached hydrogens (tertiary/aromatic N) is 1. The van der Waals surface area contributed by atoms with E-state index < -0.39 is 0 Å². The maximum atomic E-state index is 12.3. The number of nitriles is 1. The van der Waals surface area contributed by atoms with E-state index in [4.69, 9.17) is 5.26 Å². The normalized spacial score (nSPS) is 10.3. The molecule has 0 saturated heterocycles. The van der Waals surface area contributed by atoms with Crippen molar-refractivity contribution in [3.63, 3.8) is 0 Å². The predicted molar refractivity (Wildman–Crippen MR) is 88.6 cm³/mol. The summed E-state index contributed by atoms with van der Waals surface area (Å²) < 4.78 is 1.87. The van der Waals surface area contributed by atoms with Crippen LogP contribution in [0.2, 0.25) is 0 Å². The molecule has 0 radical (unpaired) electrons. The van der Waals surface area contributed by atoms with Crippen LogP contribution < -0.4 is 5.32 Å². The highest BCUT2D eigenvalue weighted by Crippen LogP contribution is 2.27. The molecule has 1 amide bonds. The molecule has 0 aliphatic rings. The Morgan fingerprint density at radius 2 is 2.00 bits per heavy atom. The van der Waals surface area contributed by atoms with Gasteiger partial charge in [0.1, 0.15) is 6.07 Å². The minimum atomic E-state index is -0.199. The highest BCUT2D eigenvalue weighted by Gasteiger charge is 2.12. The topological polar surface area (TPSA) is 52.9 Å². The van der Waals surface area contributed by atoms with Crippen LogP contribution in [0.1, 0.15) is 15.2 Å². The van der Waals surface area contributed by atoms with Gasteiger partial charge in [-0.1, -0.05) is 34.1 Å². The molecule has 102 valence electrons. The first-order chi connectivity index (χ1) is 10.2. The Morgan fingerprint density at radius 1 is 1.19 bits per heavy atom. The Labute approximate surface area is 134 Å². The number of fused-ring (bicyclic) bond motifs is 1. The largest absolute Gasteiger partial charge is 0.320 e. The van der Waals surface area contributed by atoms with Crippen LogP contribution in [0, 0.1) is 11.3 Å². The van der Waals surface area contributed by atoms with E-state index in [-0.39, 0.29) is 5.91 Å². The molecule has 2 aromatic carbocycles. The third-order valence-electron chi connectivity index (χ3n) is 3.00. The maximum Gasteiger partial charge on any atom is 0.265 e. The Hall–Kier alpha value is -2.16. The van der Waals surface area contributed by atoms with Crippen LogP contribution in [0.25, 0.3) is 10.1 Å². The number of thiophene rings is 1. The highest BCUT2D eigenvalue weighted by atomic mass is 79.9. The SMILES string of the molecule is N#Cc1cc(Br)ccc1NC(=O)c1cc2ccccc2s1. The molecule has 0 fully saturated rings. The molecule has 1 heterocycles. The average Bonchev–Trinajstić information content (AvgIpc) is 2.93. The summed E-state index contributed by atoms with van der Waals surface area (Å²) in [5.41, 5.74) is 0.946. The summed E-state index contributed by atoms with van der Waals surface area (Å²) in [5, 5.41) is 13.0. The summed E-state index contributed by atoms with van der Waals surface area (Å²) in [4.78, 5) is 12.9. The highest BCUT2D eigenvalue weighted by molar-refractivity contribution is 9.10. The monoisotopic (exact) mass is 356 g/mol. The zero-order valence-corrected chi connectivity index (χ0v) is 13.2. The van der Waals surface area contributed by atoms with Gasteiger partial charge in [0, 0.05) is 9.17 Å². The van der Waals surface area contributed by atoms with E-state index in [9.17, 15) is 4.79 Å². The van der Waals surface area contributed by atoms with Crippen molar-refractivity contribution in [3.8, 4) is 6.07 Å². The molecule has 0 saturated carbocycles. The molecule has 1 aromatic heterocycles. The Balaban J connectivity index is 1.91. The van der Waals surface area contributed by atoms with Crippen molar-refractivity contribution in [2.24, 2.45) is 0 Å². The van der Waals surface area contributed by atoms with Gasteiger partial charge in [0.05, 0.1) is 16.1 Å². The zero-order valence-electron chi connectivity index (χ0n) is 10.8. The van der Waals surface area contributed by atoms with Gasteiger partial charge in [0.15, 0.2) is 0 Å². The lowest BCUT2D eigenvalue weighted by Crippen LogP contribution is -2.11. The maximum absolute atomic E-state index is 12.3. The summed E-state index contributed by atoms with van der Waals surface area (Å²) >= 11 is 4.75. The minimum Gasteiger partial charge on any atom is -0.320 e. The van der Waals surface area contributed by atoms with Crippen molar-refractivity contribution in [3.05, 3.63) is 63.4 Å². The van der Waals surface area contributed by atoms with Crippen LogP contribution in [-0.2, 0) is 0 Å². The van der Waals surface area contributed by atoms with Gasteiger partial charge < -0.3 is 5.32 Å². The van der Waals surface area contributed by atoms with Gasteiger partial charge in [0.25, 0.3) is 5.91 Å². The summed E-state index contributed by atoms with van der Waals surface area (Å²) in [6, 6.07) is 17.0. The molecule has 5 heteroatoms. The Morgan fingerprint density at radius 3 is 2.76 bits per heavy atom. The molecule has 3 nitrogen and oxygen atoms in total. The van der Waals surface area contributed by atoms with Crippen LogP contribution >= 0.6 is 27.3 Å². The van der Waals surface area contributed by atoms with Gasteiger partial charge in [-0.25, -0.2) is 0 Å². The van der Waals surface area contributed by atoms with E-state index in [2.05, 4.69) is 27.3 Å². The number of hydrogen-bond donors (Lipinski definition) is 1. The van der Waals surface area contributed by atoms with E-state index in [1.54, 1.807) is 18.2 Å². The second-order valence-corrected chi connectivity index (χ2v) is 6.40. The number of nitrogens with one attached hydrogen (secondary N) is 1. The summed E-state index contributed by atoms with van der Waals surface area (Å²) in [6.07, 6.45) is 0. The van der Waals surface area contributed by atoms with Crippen molar-refractivity contribution < 1.29 is 4.79 Å². The van der Waals surface area contributed by atoms with Crippen LogP contribution in [0.3, 0.4) is 0 Å². The molecular weight excluding hydrogens is 348 g/mol. The number of benzene rings is 2. The van der Waals surface area contributed by atoms with Crippen LogP contribution in [0.15, 0.2) is 53.0 Å². The molecule has 0 spiro atoms. The molecule has 0 unspecified atom stereocenters. The lowest BCUT2D eigenvalue weighted by Gasteiger charge is -2.05. The second-order valence-electron chi connectivity index (χ2n) is 4.40. The van der Waals surface area contributed by atoms with Gasteiger partial charge in [-0.05, 0) is 35.7 Å². The number of amides is 1. The fraction of sp³-hybridized carbons (Fsp3) is 0. The number of carbonyl (C=O) groups excluding carboxylic acids is 1. The van der Waals surface area contributed by atoms with Gasteiger partial charge in [-0.3, -0.25) is 4.79 Å². The first kappa shape index (κ1) is 13.8. The van der Waals surface area contributed by atoms with E-state index in [1.165, 1.54) is 11.3 Å². The van der Waals surface area contributed by atoms with E-state index in [0.29, 0.717) is 16.1 Å². The van der Waals surface area contributed by atoms with Crippen molar-refractivity contribution in [1.29, 1.82) is 5.26 Å². The lowest BCUT2D eigenvalue weighted by molar-refractivity contribution is 0.103. The molecule has 3 aromatic rings. The standard InChI is InChI=1S/C16H9BrN2OS/c17-12-5-6-13(11(7-12)9-18)19-16(20)15-8-10-3-1-2-4-14(10)21-15/h1-8H,(H,19,20). The quantitative estimate of drug-likeness (QED) is 0.717. The molecule has 1 N–H and O–H groups in total. The minimum absolute atomic E-state index is 0.199. The smallest absolute Gasteiger partial charge is 0.265 e. The van der Waals surface area contributed by atoms with E-state index >= 15 is 0 Å². The number of rotatable bonds is 2.